The number of aliphatic hydroxyl groups excluding tert-OH is 1. The van der Waals surface area contributed by atoms with Gasteiger partial charge >= 0.3 is 5.97 Å². The van der Waals surface area contributed by atoms with E-state index in [1.165, 1.54) is 0 Å². The van der Waals surface area contributed by atoms with Gasteiger partial charge in [-0.05, 0) is 30.7 Å². The third-order valence-corrected chi connectivity index (χ3v) is 2.95. The summed E-state index contributed by atoms with van der Waals surface area (Å²) in [6.45, 7) is 2.38. The smallest absolute Gasteiger partial charge is 0.338 e. The molecule has 0 radical (unpaired) electrons. The average Bonchev–Trinajstić information content (AvgIpc) is 2.96. The van der Waals surface area contributed by atoms with E-state index >= 15 is 0 Å². The summed E-state index contributed by atoms with van der Waals surface area (Å²) < 4.78 is 10.6. The summed E-state index contributed by atoms with van der Waals surface area (Å²) in [4.78, 5) is 11.7. The monoisotopic (exact) mass is 274 g/mol. The Labute approximate surface area is 118 Å². The first-order chi connectivity index (χ1) is 9.74. The van der Waals surface area contributed by atoms with Crippen molar-refractivity contribution in [1.29, 1.82) is 0 Å². The maximum atomic E-state index is 11.7. The van der Waals surface area contributed by atoms with Gasteiger partial charge in [0.2, 0.25) is 0 Å². The maximum absolute atomic E-state index is 11.7. The van der Waals surface area contributed by atoms with Crippen LogP contribution in [0.5, 0.6) is 0 Å². The van der Waals surface area contributed by atoms with Gasteiger partial charge in [0.15, 0.2) is 0 Å². The Morgan fingerprint density at radius 2 is 1.95 bits per heavy atom. The summed E-state index contributed by atoms with van der Waals surface area (Å²) in [5.74, 6) is 0.878. The second-order valence-corrected chi connectivity index (χ2v) is 4.49. The van der Waals surface area contributed by atoms with Crippen LogP contribution in [-0.2, 0) is 11.3 Å². The van der Waals surface area contributed by atoms with E-state index in [9.17, 15) is 4.79 Å². The molecule has 0 fully saturated rings. The Morgan fingerprint density at radius 1 is 1.20 bits per heavy atom. The minimum absolute atomic E-state index is 0.123. The summed E-state index contributed by atoms with van der Waals surface area (Å²) >= 11 is 0. The van der Waals surface area contributed by atoms with Crippen LogP contribution >= 0.6 is 0 Å². The lowest BCUT2D eigenvalue weighted by atomic mass is 10.1. The first-order valence-corrected chi connectivity index (χ1v) is 6.71. The van der Waals surface area contributed by atoms with E-state index in [1.807, 2.05) is 6.92 Å². The lowest BCUT2D eigenvalue weighted by Crippen LogP contribution is -2.05. The molecule has 0 atom stereocenters. The van der Waals surface area contributed by atoms with Crippen LogP contribution in [0.15, 0.2) is 40.8 Å². The van der Waals surface area contributed by atoms with Crippen LogP contribution in [0.4, 0.5) is 0 Å². The normalized spacial score (nSPS) is 10.5. The molecular weight excluding hydrogens is 256 g/mol. The molecule has 0 bridgehead atoms. The molecule has 1 aromatic heterocycles. The first-order valence-electron chi connectivity index (χ1n) is 6.71. The minimum atomic E-state index is -0.305. The molecule has 0 spiro atoms. The predicted molar refractivity (Wildman–Crippen MR) is 75.3 cm³/mol. The molecule has 4 heteroatoms. The third-order valence-electron chi connectivity index (χ3n) is 2.95. The fourth-order valence-electron chi connectivity index (χ4n) is 1.78. The summed E-state index contributed by atoms with van der Waals surface area (Å²) in [6.07, 6.45) is 1.87. The van der Waals surface area contributed by atoms with Gasteiger partial charge in [-0.1, -0.05) is 25.5 Å². The van der Waals surface area contributed by atoms with Crippen molar-refractivity contribution < 1.29 is 19.1 Å². The van der Waals surface area contributed by atoms with E-state index in [0.29, 0.717) is 23.7 Å². The molecule has 0 aliphatic rings. The molecule has 0 saturated heterocycles. The highest BCUT2D eigenvalue weighted by Gasteiger charge is 2.08. The van der Waals surface area contributed by atoms with E-state index in [-0.39, 0.29) is 12.6 Å². The number of benzene rings is 1. The van der Waals surface area contributed by atoms with Gasteiger partial charge < -0.3 is 14.3 Å². The quantitative estimate of drug-likeness (QED) is 0.648. The number of hydrogen-bond acceptors (Lipinski definition) is 4. The fraction of sp³-hybridized carbons (Fsp3) is 0.312. The van der Waals surface area contributed by atoms with Crippen molar-refractivity contribution >= 4 is 5.97 Å². The number of aliphatic hydroxyl groups is 1. The Balaban J connectivity index is 2.04. The van der Waals surface area contributed by atoms with E-state index in [2.05, 4.69) is 0 Å². The molecule has 1 aromatic carbocycles. The van der Waals surface area contributed by atoms with Crippen LogP contribution in [0.3, 0.4) is 0 Å². The molecule has 0 amide bonds. The zero-order valence-electron chi connectivity index (χ0n) is 11.5. The van der Waals surface area contributed by atoms with Crippen molar-refractivity contribution in [2.45, 2.75) is 26.4 Å². The van der Waals surface area contributed by atoms with Gasteiger partial charge in [0, 0.05) is 5.56 Å². The van der Waals surface area contributed by atoms with Crippen LogP contribution in [-0.4, -0.2) is 17.7 Å². The molecular formula is C16H18O4. The van der Waals surface area contributed by atoms with Crippen molar-refractivity contribution in [3.63, 3.8) is 0 Å². The zero-order valence-corrected chi connectivity index (χ0v) is 11.5. The lowest BCUT2D eigenvalue weighted by molar-refractivity contribution is 0.0500. The topological polar surface area (TPSA) is 59.7 Å². The summed E-state index contributed by atoms with van der Waals surface area (Å²) in [7, 11) is 0. The van der Waals surface area contributed by atoms with Gasteiger partial charge in [-0.2, -0.15) is 0 Å². The molecule has 1 heterocycles. The average molecular weight is 274 g/mol. The predicted octanol–water partition coefficient (Wildman–Crippen LogP) is 3.40. The van der Waals surface area contributed by atoms with Gasteiger partial charge in [-0.25, -0.2) is 4.79 Å². The summed E-state index contributed by atoms with van der Waals surface area (Å²) in [5.41, 5.74) is 1.38. The molecule has 106 valence electrons. The highest BCUT2D eigenvalue weighted by molar-refractivity contribution is 5.89. The van der Waals surface area contributed by atoms with Crippen LogP contribution in [0.25, 0.3) is 11.3 Å². The molecule has 1 N–H and O–H groups in total. The largest absolute Gasteiger partial charge is 0.462 e. The Kier molecular flexibility index (Phi) is 4.96. The number of ether oxygens (including phenoxy) is 1. The van der Waals surface area contributed by atoms with E-state index in [4.69, 9.17) is 14.3 Å². The number of hydrogen-bond donors (Lipinski definition) is 1. The van der Waals surface area contributed by atoms with Gasteiger partial charge in [-0.15, -0.1) is 0 Å². The summed E-state index contributed by atoms with van der Waals surface area (Å²) in [6, 6.07) is 10.5. The summed E-state index contributed by atoms with van der Waals surface area (Å²) in [5, 5.41) is 8.96. The Bertz CT molecular complexity index is 554. The van der Waals surface area contributed by atoms with Gasteiger partial charge in [0.1, 0.15) is 18.1 Å². The van der Waals surface area contributed by atoms with Gasteiger partial charge in [0.25, 0.3) is 0 Å². The number of unbranched alkanes of at least 4 members (excludes halogenated alkanes) is 1. The van der Waals surface area contributed by atoms with Crippen molar-refractivity contribution in [2.24, 2.45) is 0 Å². The van der Waals surface area contributed by atoms with E-state index in [1.54, 1.807) is 36.4 Å². The van der Waals surface area contributed by atoms with Crippen molar-refractivity contribution in [3.05, 3.63) is 47.7 Å². The van der Waals surface area contributed by atoms with Crippen molar-refractivity contribution in [2.75, 3.05) is 6.61 Å². The molecule has 0 aliphatic carbocycles. The van der Waals surface area contributed by atoms with Crippen molar-refractivity contribution in [3.8, 4) is 11.3 Å². The Morgan fingerprint density at radius 3 is 2.55 bits per heavy atom. The van der Waals surface area contributed by atoms with E-state index < -0.39 is 0 Å². The molecule has 4 nitrogen and oxygen atoms in total. The molecule has 0 aliphatic heterocycles. The molecule has 20 heavy (non-hydrogen) atoms. The highest BCUT2D eigenvalue weighted by atomic mass is 16.5. The highest BCUT2D eigenvalue weighted by Crippen LogP contribution is 2.22. The number of furan rings is 1. The molecule has 0 unspecified atom stereocenters. The minimum Gasteiger partial charge on any atom is -0.462 e. The molecule has 2 aromatic rings. The number of esters is 1. The van der Waals surface area contributed by atoms with E-state index in [0.717, 1.165) is 18.4 Å². The molecule has 0 saturated carbocycles. The van der Waals surface area contributed by atoms with Crippen LogP contribution in [0, 0.1) is 0 Å². The maximum Gasteiger partial charge on any atom is 0.338 e. The van der Waals surface area contributed by atoms with Crippen LogP contribution in [0.2, 0.25) is 0 Å². The lowest BCUT2D eigenvalue weighted by Gasteiger charge is -2.04. The van der Waals surface area contributed by atoms with Crippen LogP contribution < -0.4 is 0 Å². The second-order valence-electron chi connectivity index (χ2n) is 4.49. The van der Waals surface area contributed by atoms with Crippen molar-refractivity contribution in [1.82, 2.24) is 0 Å². The first kappa shape index (κ1) is 14.3. The number of rotatable bonds is 6. The van der Waals surface area contributed by atoms with Gasteiger partial charge in [0.05, 0.1) is 12.2 Å². The SMILES string of the molecule is CCCCOC(=O)c1ccc(-c2ccc(CO)o2)cc1. The zero-order chi connectivity index (χ0) is 14.4. The molecule has 2 rings (SSSR count). The van der Waals surface area contributed by atoms with Crippen LogP contribution in [0.1, 0.15) is 35.9 Å². The fourth-order valence-corrected chi connectivity index (χ4v) is 1.78. The van der Waals surface area contributed by atoms with Gasteiger partial charge in [-0.3, -0.25) is 0 Å². The Hall–Kier alpha value is -2.07. The standard InChI is InChI=1S/C16H18O4/c1-2-3-10-19-16(18)13-6-4-12(5-7-13)15-9-8-14(11-17)20-15/h4-9,17H,2-3,10-11H2,1H3. The number of carbonyl (C=O) groups excluding carboxylic acids is 1. The number of carbonyl (C=O) groups is 1. The third kappa shape index (κ3) is 3.48. The second kappa shape index (κ2) is 6.91.